The molecule has 1 fully saturated rings. The molecule has 78 valence electrons. The Morgan fingerprint density at radius 3 is 2.50 bits per heavy atom. The van der Waals surface area contributed by atoms with Gasteiger partial charge in [0.15, 0.2) is 0 Å². The molecule has 0 radical (unpaired) electrons. The van der Waals surface area contributed by atoms with Crippen LogP contribution in [0.4, 0.5) is 0 Å². The molecule has 0 atom stereocenters. The smallest absolute Gasteiger partial charge is 0.123 e. The van der Waals surface area contributed by atoms with Crippen molar-refractivity contribution in [1.82, 2.24) is 0 Å². The Balaban J connectivity index is 2.55. The average molecular weight is 193 g/mol. The maximum Gasteiger partial charge on any atom is 0.123 e. The zero-order chi connectivity index (χ0) is 10.6. The number of ether oxygens (including phenoxy) is 1. The molecule has 1 aliphatic carbocycles. The van der Waals surface area contributed by atoms with Crippen LogP contribution in [0.3, 0.4) is 0 Å². The maximum atomic E-state index is 7.41. The summed E-state index contributed by atoms with van der Waals surface area (Å²) in [5, 5.41) is 7.41. The first-order valence-corrected chi connectivity index (χ1v) is 5.16. The van der Waals surface area contributed by atoms with Crippen molar-refractivity contribution in [3.05, 3.63) is 23.5 Å². The molecule has 0 aliphatic heterocycles. The lowest BCUT2D eigenvalue weighted by molar-refractivity contribution is 0.207. The predicted octanol–water partition coefficient (Wildman–Crippen LogP) is 3.30. The Morgan fingerprint density at radius 1 is 1.43 bits per heavy atom. The fourth-order valence-electron chi connectivity index (χ4n) is 1.10. The SMILES string of the molecule is C/C=C(C)\C(=C/C(C)=N)OCC1CC1. The Hall–Kier alpha value is -1.05. The topological polar surface area (TPSA) is 33.1 Å². The zero-order valence-corrected chi connectivity index (χ0v) is 9.26. The second-order valence-corrected chi connectivity index (χ2v) is 3.92. The van der Waals surface area contributed by atoms with E-state index in [1.165, 1.54) is 12.8 Å². The minimum atomic E-state index is 0.539. The molecule has 2 nitrogen and oxygen atoms in total. The fourth-order valence-corrected chi connectivity index (χ4v) is 1.10. The monoisotopic (exact) mass is 193 g/mol. The Kier molecular flexibility index (Phi) is 3.93. The van der Waals surface area contributed by atoms with E-state index < -0.39 is 0 Å². The van der Waals surface area contributed by atoms with Gasteiger partial charge in [-0.2, -0.15) is 0 Å². The van der Waals surface area contributed by atoms with Crippen LogP contribution in [-0.2, 0) is 4.74 Å². The van der Waals surface area contributed by atoms with E-state index >= 15 is 0 Å². The minimum absolute atomic E-state index is 0.539. The second-order valence-electron chi connectivity index (χ2n) is 3.92. The summed E-state index contributed by atoms with van der Waals surface area (Å²) in [7, 11) is 0. The van der Waals surface area contributed by atoms with Crippen LogP contribution >= 0.6 is 0 Å². The number of nitrogens with one attached hydrogen (secondary N) is 1. The van der Waals surface area contributed by atoms with E-state index in [9.17, 15) is 0 Å². The highest BCUT2D eigenvalue weighted by Crippen LogP contribution is 2.30. The Labute approximate surface area is 86.2 Å². The van der Waals surface area contributed by atoms with Gasteiger partial charge in [-0.05, 0) is 45.1 Å². The van der Waals surface area contributed by atoms with Gasteiger partial charge in [0.25, 0.3) is 0 Å². The molecule has 2 heteroatoms. The van der Waals surface area contributed by atoms with Crippen LogP contribution in [-0.4, -0.2) is 12.3 Å². The molecule has 0 aromatic carbocycles. The van der Waals surface area contributed by atoms with Crippen molar-refractivity contribution in [3.63, 3.8) is 0 Å². The Morgan fingerprint density at radius 2 is 2.07 bits per heavy atom. The van der Waals surface area contributed by atoms with Crippen LogP contribution in [0.5, 0.6) is 0 Å². The van der Waals surface area contributed by atoms with Crippen LogP contribution < -0.4 is 0 Å². The van der Waals surface area contributed by atoms with Crippen molar-refractivity contribution in [2.45, 2.75) is 33.6 Å². The molecule has 0 bridgehead atoms. The molecule has 0 spiro atoms. The van der Waals surface area contributed by atoms with Gasteiger partial charge in [-0.3, -0.25) is 0 Å². The van der Waals surface area contributed by atoms with E-state index in [2.05, 4.69) is 0 Å². The van der Waals surface area contributed by atoms with Crippen molar-refractivity contribution in [3.8, 4) is 0 Å². The Bertz CT molecular complexity index is 272. The van der Waals surface area contributed by atoms with Gasteiger partial charge in [0.1, 0.15) is 5.76 Å². The van der Waals surface area contributed by atoms with Gasteiger partial charge >= 0.3 is 0 Å². The lowest BCUT2D eigenvalue weighted by atomic mass is 10.2. The molecule has 0 unspecified atom stereocenters. The summed E-state index contributed by atoms with van der Waals surface area (Å²) in [6.45, 7) is 6.58. The van der Waals surface area contributed by atoms with Crippen LogP contribution in [0.2, 0.25) is 0 Å². The molecule has 0 saturated heterocycles. The first-order chi connectivity index (χ1) is 6.63. The van der Waals surface area contributed by atoms with Crippen molar-refractivity contribution in [2.24, 2.45) is 5.92 Å². The van der Waals surface area contributed by atoms with Crippen LogP contribution in [0.15, 0.2) is 23.5 Å². The third kappa shape index (κ3) is 3.77. The number of hydrogen-bond donors (Lipinski definition) is 1. The molecule has 0 aromatic heterocycles. The third-order valence-electron chi connectivity index (χ3n) is 2.34. The zero-order valence-electron chi connectivity index (χ0n) is 9.26. The van der Waals surface area contributed by atoms with Gasteiger partial charge in [0, 0.05) is 11.8 Å². The number of hydrogen-bond acceptors (Lipinski definition) is 2. The van der Waals surface area contributed by atoms with Crippen LogP contribution in [0.1, 0.15) is 33.6 Å². The highest BCUT2D eigenvalue weighted by Gasteiger charge is 2.22. The van der Waals surface area contributed by atoms with Crippen molar-refractivity contribution in [2.75, 3.05) is 6.61 Å². The number of rotatable bonds is 5. The maximum absolute atomic E-state index is 7.41. The summed E-state index contributed by atoms with van der Waals surface area (Å²) in [5.74, 6) is 1.61. The van der Waals surface area contributed by atoms with Crippen molar-refractivity contribution in [1.29, 1.82) is 5.41 Å². The van der Waals surface area contributed by atoms with Crippen molar-refractivity contribution < 1.29 is 4.74 Å². The summed E-state index contributed by atoms with van der Waals surface area (Å²) in [4.78, 5) is 0. The summed E-state index contributed by atoms with van der Waals surface area (Å²) in [5.41, 5.74) is 1.65. The van der Waals surface area contributed by atoms with Gasteiger partial charge < -0.3 is 10.1 Å². The summed E-state index contributed by atoms with van der Waals surface area (Å²) in [6.07, 6.45) is 6.40. The average Bonchev–Trinajstić information content (AvgIpc) is 2.93. The molecule has 0 amide bonds. The molecule has 1 N–H and O–H groups in total. The van der Waals surface area contributed by atoms with Gasteiger partial charge in [-0.15, -0.1) is 0 Å². The summed E-state index contributed by atoms with van der Waals surface area (Å²) >= 11 is 0. The lowest BCUT2D eigenvalue weighted by Crippen LogP contribution is -2.00. The highest BCUT2D eigenvalue weighted by molar-refractivity contribution is 5.90. The first kappa shape index (κ1) is 11.0. The van der Waals surface area contributed by atoms with E-state index in [4.69, 9.17) is 10.1 Å². The molecule has 1 aliphatic rings. The molecule has 14 heavy (non-hydrogen) atoms. The predicted molar refractivity (Wildman–Crippen MR) is 59.6 cm³/mol. The second kappa shape index (κ2) is 4.99. The molecule has 0 heterocycles. The highest BCUT2D eigenvalue weighted by atomic mass is 16.5. The molecular formula is C12H19NO. The molecular weight excluding hydrogens is 174 g/mol. The fraction of sp³-hybridized carbons (Fsp3) is 0.583. The van der Waals surface area contributed by atoms with E-state index in [0.717, 1.165) is 23.9 Å². The normalized spacial score (nSPS) is 18.2. The van der Waals surface area contributed by atoms with Crippen LogP contribution in [0.25, 0.3) is 0 Å². The van der Waals surface area contributed by atoms with Gasteiger partial charge in [0.2, 0.25) is 0 Å². The van der Waals surface area contributed by atoms with E-state index in [1.807, 2.05) is 19.9 Å². The van der Waals surface area contributed by atoms with Crippen LogP contribution in [0, 0.1) is 11.3 Å². The molecule has 1 rings (SSSR count). The minimum Gasteiger partial charge on any atom is -0.493 e. The van der Waals surface area contributed by atoms with Gasteiger partial charge in [0.05, 0.1) is 6.61 Å². The van der Waals surface area contributed by atoms with Gasteiger partial charge in [-0.1, -0.05) is 6.08 Å². The van der Waals surface area contributed by atoms with Gasteiger partial charge in [-0.25, -0.2) is 0 Å². The third-order valence-corrected chi connectivity index (χ3v) is 2.34. The van der Waals surface area contributed by atoms with Crippen molar-refractivity contribution >= 4 is 5.71 Å². The molecule has 1 saturated carbocycles. The summed E-state index contributed by atoms with van der Waals surface area (Å²) in [6, 6.07) is 0. The largest absolute Gasteiger partial charge is 0.493 e. The number of allylic oxidation sites excluding steroid dienone is 3. The lowest BCUT2D eigenvalue weighted by Gasteiger charge is -2.10. The standard InChI is InChI=1S/C12H19NO/c1-4-9(2)12(7-10(3)13)14-8-11-5-6-11/h4,7,11,13H,5-6,8H2,1-3H3/b9-4-,12-7+,13-10?. The van der Waals surface area contributed by atoms with E-state index in [1.54, 1.807) is 13.0 Å². The summed E-state index contributed by atoms with van der Waals surface area (Å²) < 4.78 is 5.68. The quantitative estimate of drug-likeness (QED) is 0.405. The molecule has 0 aromatic rings. The first-order valence-electron chi connectivity index (χ1n) is 5.16. The van der Waals surface area contributed by atoms with E-state index in [-0.39, 0.29) is 0 Å². The van der Waals surface area contributed by atoms with E-state index in [0.29, 0.717) is 5.71 Å².